The lowest BCUT2D eigenvalue weighted by molar-refractivity contribution is 0.204. The van der Waals surface area contributed by atoms with Crippen LogP contribution in [0.2, 0.25) is 0 Å². The highest BCUT2D eigenvalue weighted by Crippen LogP contribution is 2.23. The first kappa shape index (κ1) is 16.3. The molecule has 0 spiro atoms. The van der Waals surface area contributed by atoms with Crippen molar-refractivity contribution in [1.29, 1.82) is 0 Å². The van der Waals surface area contributed by atoms with E-state index in [1.807, 2.05) is 39.0 Å². The van der Waals surface area contributed by atoms with E-state index in [1.165, 1.54) is 0 Å². The molecule has 20 heavy (non-hydrogen) atoms. The maximum Gasteiger partial charge on any atom is 0.319 e. The monoisotopic (exact) mass is 280 g/mol. The van der Waals surface area contributed by atoms with Crippen LogP contribution in [0.3, 0.4) is 0 Å². The highest BCUT2D eigenvalue weighted by Gasteiger charge is 2.18. The van der Waals surface area contributed by atoms with Crippen molar-refractivity contribution in [1.82, 2.24) is 5.32 Å². The summed E-state index contributed by atoms with van der Waals surface area (Å²) in [4.78, 5) is 11.9. The molecule has 0 aliphatic heterocycles. The van der Waals surface area contributed by atoms with E-state index < -0.39 is 0 Å². The number of aliphatic hydroxyl groups is 1. The van der Waals surface area contributed by atoms with Crippen LogP contribution in [0.5, 0.6) is 5.75 Å². The SMILES string of the molecule is CCOc1ccccc1NC(=O)NCC(C)(C)CCO. The van der Waals surface area contributed by atoms with Crippen LogP contribution in [0, 0.1) is 5.41 Å². The molecule has 0 bridgehead atoms. The number of amides is 2. The molecule has 0 unspecified atom stereocenters. The number of carbonyl (C=O) groups is 1. The van der Waals surface area contributed by atoms with E-state index >= 15 is 0 Å². The van der Waals surface area contributed by atoms with E-state index in [9.17, 15) is 4.79 Å². The summed E-state index contributed by atoms with van der Waals surface area (Å²) >= 11 is 0. The minimum absolute atomic E-state index is 0.115. The molecule has 0 heterocycles. The second-order valence-corrected chi connectivity index (χ2v) is 5.37. The fourth-order valence-corrected chi connectivity index (χ4v) is 1.73. The van der Waals surface area contributed by atoms with Gasteiger partial charge in [0.2, 0.25) is 0 Å². The Morgan fingerprint density at radius 2 is 2.05 bits per heavy atom. The van der Waals surface area contributed by atoms with E-state index in [0.29, 0.717) is 31.0 Å². The fourth-order valence-electron chi connectivity index (χ4n) is 1.73. The van der Waals surface area contributed by atoms with Gasteiger partial charge in [0.25, 0.3) is 0 Å². The number of aliphatic hydroxyl groups excluding tert-OH is 1. The third-order valence-electron chi connectivity index (χ3n) is 2.95. The first-order chi connectivity index (χ1) is 9.48. The number of anilines is 1. The van der Waals surface area contributed by atoms with Gasteiger partial charge in [0.1, 0.15) is 5.75 Å². The molecule has 2 amide bonds. The molecule has 0 saturated carbocycles. The fraction of sp³-hybridized carbons (Fsp3) is 0.533. The molecule has 0 atom stereocenters. The van der Waals surface area contributed by atoms with Gasteiger partial charge in [-0.05, 0) is 30.9 Å². The third kappa shape index (κ3) is 5.48. The minimum atomic E-state index is -0.275. The van der Waals surface area contributed by atoms with Gasteiger partial charge in [-0.2, -0.15) is 0 Å². The van der Waals surface area contributed by atoms with Crippen LogP contribution in [-0.2, 0) is 0 Å². The molecular weight excluding hydrogens is 256 g/mol. The number of ether oxygens (including phenoxy) is 1. The van der Waals surface area contributed by atoms with Crippen LogP contribution in [-0.4, -0.2) is 30.9 Å². The van der Waals surface area contributed by atoms with Crippen LogP contribution in [0.1, 0.15) is 27.2 Å². The summed E-state index contributed by atoms with van der Waals surface area (Å²) < 4.78 is 5.45. The van der Waals surface area contributed by atoms with E-state index in [-0.39, 0.29) is 18.1 Å². The summed E-state index contributed by atoms with van der Waals surface area (Å²) in [5, 5.41) is 14.5. The van der Waals surface area contributed by atoms with E-state index in [0.717, 1.165) is 0 Å². The second-order valence-electron chi connectivity index (χ2n) is 5.37. The molecule has 0 saturated heterocycles. The molecule has 5 heteroatoms. The van der Waals surface area contributed by atoms with Gasteiger partial charge in [0.05, 0.1) is 12.3 Å². The van der Waals surface area contributed by atoms with Crippen molar-refractivity contribution in [2.24, 2.45) is 5.41 Å². The van der Waals surface area contributed by atoms with Crippen molar-refractivity contribution >= 4 is 11.7 Å². The summed E-state index contributed by atoms with van der Waals surface area (Å²) in [7, 11) is 0. The van der Waals surface area contributed by atoms with Gasteiger partial charge in [-0.25, -0.2) is 4.79 Å². The van der Waals surface area contributed by atoms with Crippen molar-refractivity contribution in [3.05, 3.63) is 24.3 Å². The number of nitrogens with one attached hydrogen (secondary N) is 2. The third-order valence-corrected chi connectivity index (χ3v) is 2.95. The van der Waals surface area contributed by atoms with Gasteiger partial charge in [0, 0.05) is 13.2 Å². The molecule has 5 nitrogen and oxygen atoms in total. The molecule has 1 rings (SSSR count). The number of hydrogen-bond acceptors (Lipinski definition) is 3. The van der Waals surface area contributed by atoms with Gasteiger partial charge in [-0.3, -0.25) is 0 Å². The van der Waals surface area contributed by atoms with Crippen molar-refractivity contribution in [2.75, 3.05) is 25.1 Å². The molecule has 0 fully saturated rings. The minimum Gasteiger partial charge on any atom is -0.492 e. The predicted octanol–water partition coefficient (Wildman–Crippen LogP) is 2.62. The van der Waals surface area contributed by atoms with Crippen molar-refractivity contribution < 1.29 is 14.6 Å². The predicted molar refractivity (Wildman–Crippen MR) is 80.1 cm³/mol. The maximum absolute atomic E-state index is 11.9. The Balaban J connectivity index is 2.54. The zero-order valence-electron chi connectivity index (χ0n) is 12.4. The number of urea groups is 1. The Morgan fingerprint density at radius 1 is 1.35 bits per heavy atom. The van der Waals surface area contributed by atoms with Crippen LogP contribution in [0.4, 0.5) is 10.5 Å². The first-order valence-electron chi connectivity index (χ1n) is 6.86. The summed E-state index contributed by atoms with van der Waals surface area (Å²) in [5.74, 6) is 0.653. The highest BCUT2D eigenvalue weighted by molar-refractivity contribution is 5.90. The number of carbonyl (C=O) groups excluding carboxylic acids is 1. The van der Waals surface area contributed by atoms with Crippen molar-refractivity contribution in [2.45, 2.75) is 27.2 Å². The Hall–Kier alpha value is -1.75. The first-order valence-corrected chi connectivity index (χ1v) is 6.86. The van der Waals surface area contributed by atoms with E-state index in [1.54, 1.807) is 6.07 Å². The highest BCUT2D eigenvalue weighted by atomic mass is 16.5. The van der Waals surface area contributed by atoms with Gasteiger partial charge in [-0.1, -0.05) is 26.0 Å². The van der Waals surface area contributed by atoms with Crippen molar-refractivity contribution in [3.8, 4) is 5.75 Å². The Morgan fingerprint density at radius 3 is 2.70 bits per heavy atom. The normalized spacial score (nSPS) is 11.0. The Bertz CT molecular complexity index is 433. The lowest BCUT2D eigenvalue weighted by Gasteiger charge is -2.24. The standard InChI is InChI=1S/C15H24N2O3/c1-4-20-13-8-6-5-7-12(13)17-14(19)16-11-15(2,3)9-10-18/h5-8,18H,4,9-11H2,1-3H3,(H2,16,17,19). The number of para-hydroxylation sites is 2. The molecule has 1 aromatic carbocycles. The molecule has 0 aromatic heterocycles. The smallest absolute Gasteiger partial charge is 0.319 e. The van der Waals surface area contributed by atoms with Gasteiger partial charge in [0.15, 0.2) is 0 Å². The van der Waals surface area contributed by atoms with Gasteiger partial charge >= 0.3 is 6.03 Å². The second kappa shape index (κ2) is 7.75. The van der Waals surface area contributed by atoms with E-state index in [2.05, 4.69) is 10.6 Å². The molecule has 0 aliphatic rings. The molecule has 112 valence electrons. The number of rotatable bonds is 7. The van der Waals surface area contributed by atoms with Crippen LogP contribution in [0.25, 0.3) is 0 Å². The Kier molecular flexibility index (Phi) is 6.31. The summed E-state index contributed by atoms with van der Waals surface area (Å²) in [6.45, 7) is 7.05. The summed E-state index contributed by atoms with van der Waals surface area (Å²) in [5.41, 5.74) is 0.512. The van der Waals surface area contributed by atoms with Gasteiger partial charge in [-0.15, -0.1) is 0 Å². The number of hydrogen-bond donors (Lipinski definition) is 3. The molecule has 1 aromatic rings. The molecule has 0 aliphatic carbocycles. The average Bonchev–Trinajstić information content (AvgIpc) is 2.39. The lowest BCUT2D eigenvalue weighted by atomic mass is 9.90. The maximum atomic E-state index is 11.9. The number of benzene rings is 1. The summed E-state index contributed by atoms with van der Waals surface area (Å²) in [6, 6.07) is 7.04. The lowest BCUT2D eigenvalue weighted by Crippen LogP contribution is -2.37. The van der Waals surface area contributed by atoms with Crippen LogP contribution in [0.15, 0.2) is 24.3 Å². The van der Waals surface area contributed by atoms with Crippen molar-refractivity contribution in [3.63, 3.8) is 0 Å². The molecule has 0 radical (unpaired) electrons. The largest absolute Gasteiger partial charge is 0.492 e. The van der Waals surface area contributed by atoms with Crippen LogP contribution >= 0.6 is 0 Å². The quantitative estimate of drug-likeness (QED) is 0.719. The molecular formula is C15H24N2O3. The average molecular weight is 280 g/mol. The molecule has 3 N–H and O–H groups in total. The Labute approximate surface area is 120 Å². The van der Waals surface area contributed by atoms with E-state index in [4.69, 9.17) is 9.84 Å². The summed E-state index contributed by atoms with van der Waals surface area (Å²) in [6.07, 6.45) is 0.642. The topological polar surface area (TPSA) is 70.6 Å². The zero-order valence-corrected chi connectivity index (χ0v) is 12.4. The van der Waals surface area contributed by atoms with Gasteiger partial charge < -0.3 is 20.5 Å². The van der Waals surface area contributed by atoms with Crippen LogP contribution < -0.4 is 15.4 Å². The zero-order chi connectivity index (χ0) is 15.0.